The lowest BCUT2D eigenvalue weighted by atomic mass is 9.94. The van der Waals surface area contributed by atoms with E-state index in [1.807, 2.05) is 18.2 Å². The van der Waals surface area contributed by atoms with E-state index in [0.717, 1.165) is 32.2 Å². The van der Waals surface area contributed by atoms with Gasteiger partial charge in [-0.2, -0.15) is 0 Å². The largest absolute Gasteiger partial charge is 0.339 e. The van der Waals surface area contributed by atoms with Gasteiger partial charge in [0, 0.05) is 19.1 Å². The molecule has 1 saturated heterocycles. The summed E-state index contributed by atoms with van der Waals surface area (Å²) in [6.45, 7) is 3.51. The number of benzene rings is 1. The molecule has 2 N–H and O–H groups in total. The standard InChI is InChI=1S/C17H26N2O/c1-2-16-10-6-7-11-19(16)17(20)15(13-18)12-14-8-4-3-5-9-14/h3-5,8-9,15-16H,2,6-7,10-13,18H2,1H3. The van der Waals surface area contributed by atoms with Crippen molar-refractivity contribution in [3.8, 4) is 0 Å². The second-order valence-corrected chi connectivity index (χ2v) is 5.71. The van der Waals surface area contributed by atoms with Crippen molar-refractivity contribution in [3.05, 3.63) is 35.9 Å². The molecular weight excluding hydrogens is 248 g/mol. The molecule has 2 rings (SSSR count). The van der Waals surface area contributed by atoms with Crippen LogP contribution in [-0.4, -0.2) is 29.9 Å². The zero-order valence-electron chi connectivity index (χ0n) is 12.4. The summed E-state index contributed by atoms with van der Waals surface area (Å²) in [4.78, 5) is 14.8. The summed E-state index contributed by atoms with van der Waals surface area (Å²) in [5.74, 6) is 0.174. The third-order valence-corrected chi connectivity index (χ3v) is 4.34. The van der Waals surface area contributed by atoms with E-state index in [1.165, 1.54) is 12.0 Å². The van der Waals surface area contributed by atoms with Crippen LogP contribution in [0.2, 0.25) is 0 Å². The Kier molecular flexibility index (Phi) is 5.60. The van der Waals surface area contributed by atoms with Crippen molar-refractivity contribution in [2.75, 3.05) is 13.1 Å². The second kappa shape index (κ2) is 7.44. The zero-order chi connectivity index (χ0) is 14.4. The molecule has 0 radical (unpaired) electrons. The average Bonchev–Trinajstić information content (AvgIpc) is 2.53. The Morgan fingerprint density at radius 3 is 2.75 bits per heavy atom. The lowest BCUT2D eigenvalue weighted by Gasteiger charge is -2.37. The molecular formula is C17H26N2O. The molecule has 3 heteroatoms. The third kappa shape index (κ3) is 3.60. The number of amides is 1. The van der Waals surface area contributed by atoms with Crippen molar-refractivity contribution in [2.45, 2.75) is 45.1 Å². The summed E-state index contributed by atoms with van der Waals surface area (Å²) in [6.07, 6.45) is 5.32. The number of nitrogens with zero attached hydrogens (tertiary/aromatic N) is 1. The fraction of sp³-hybridized carbons (Fsp3) is 0.588. The molecule has 110 valence electrons. The van der Waals surface area contributed by atoms with Gasteiger partial charge in [0.15, 0.2) is 0 Å². The summed E-state index contributed by atoms with van der Waals surface area (Å²) in [5, 5.41) is 0. The smallest absolute Gasteiger partial charge is 0.227 e. The molecule has 0 aliphatic carbocycles. The van der Waals surface area contributed by atoms with Crippen LogP contribution in [0.4, 0.5) is 0 Å². The molecule has 0 saturated carbocycles. The molecule has 0 aromatic heterocycles. The van der Waals surface area contributed by atoms with Crippen LogP contribution in [0.25, 0.3) is 0 Å². The molecule has 1 aromatic rings. The Balaban J connectivity index is 2.04. The number of rotatable bonds is 5. The maximum absolute atomic E-state index is 12.7. The highest BCUT2D eigenvalue weighted by Gasteiger charge is 2.29. The Morgan fingerprint density at radius 2 is 2.10 bits per heavy atom. The average molecular weight is 274 g/mol. The SMILES string of the molecule is CCC1CCCCN1C(=O)C(CN)Cc1ccccc1. The van der Waals surface area contributed by atoms with Gasteiger partial charge in [0.05, 0.1) is 5.92 Å². The highest BCUT2D eigenvalue weighted by Crippen LogP contribution is 2.22. The van der Waals surface area contributed by atoms with Gasteiger partial charge in [0.1, 0.15) is 0 Å². The van der Waals surface area contributed by atoms with Gasteiger partial charge < -0.3 is 10.6 Å². The number of carbonyl (C=O) groups excluding carboxylic acids is 1. The van der Waals surface area contributed by atoms with Crippen LogP contribution in [0.3, 0.4) is 0 Å². The molecule has 1 amide bonds. The van der Waals surface area contributed by atoms with E-state index in [4.69, 9.17) is 5.73 Å². The first-order valence-corrected chi connectivity index (χ1v) is 7.80. The molecule has 1 heterocycles. The van der Waals surface area contributed by atoms with E-state index >= 15 is 0 Å². The van der Waals surface area contributed by atoms with Crippen molar-refractivity contribution in [2.24, 2.45) is 11.7 Å². The van der Waals surface area contributed by atoms with Gasteiger partial charge in [-0.05, 0) is 37.7 Å². The van der Waals surface area contributed by atoms with E-state index < -0.39 is 0 Å². The lowest BCUT2D eigenvalue weighted by molar-refractivity contribution is -0.139. The summed E-state index contributed by atoms with van der Waals surface area (Å²) in [6, 6.07) is 10.6. The molecule has 1 aliphatic heterocycles. The fourth-order valence-corrected chi connectivity index (χ4v) is 3.12. The van der Waals surface area contributed by atoms with Gasteiger partial charge in [0.25, 0.3) is 0 Å². The Bertz CT molecular complexity index is 418. The van der Waals surface area contributed by atoms with Crippen LogP contribution in [0.1, 0.15) is 38.2 Å². The van der Waals surface area contributed by atoms with Gasteiger partial charge in [-0.3, -0.25) is 4.79 Å². The Hall–Kier alpha value is -1.35. The molecule has 20 heavy (non-hydrogen) atoms. The first-order chi connectivity index (χ1) is 9.76. The van der Waals surface area contributed by atoms with Crippen molar-refractivity contribution < 1.29 is 4.79 Å². The molecule has 1 fully saturated rings. The number of likely N-dealkylation sites (tertiary alicyclic amines) is 1. The maximum atomic E-state index is 12.7. The molecule has 2 unspecified atom stereocenters. The van der Waals surface area contributed by atoms with Gasteiger partial charge in [-0.15, -0.1) is 0 Å². The van der Waals surface area contributed by atoms with Crippen molar-refractivity contribution in [3.63, 3.8) is 0 Å². The highest BCUT2D eigenvalue weighted by molar-refractivity contribution is 5.79. The topological polar surface area (TPSA) is 46.3 Å². The van der Waals surface area contributed by atoms with Crippen LogP contribution in [0, 0.1) is 5.92 Å². The minimum Gasteiger partial charge on any atom is -0.339 e. The molecule has 1 aliphatic rings. The maximum Gasteiger partial charge on any atom is 0.227 e. The molecule has 0 bridgehead atoms. The number of piperidine rings is 1. The second-order valence-electron chi connectivity index (χ2n) is 5.71. The normalized spacial score (nSPS) is 20.7. The van der Waals surface area contributed by atoms with E-state index in [1.54, 1.807) is 0 Å². The third-order valence-electron chi connectivity index (χ3n) is 4.34. The quantitative estimate of drug-likeness (QED) is 0.897. The number of hydrogen-bond donors (Lipinski definition) is 1. The lowest BCUT2D eigenvalue weighted by Crippen LogP contribution is -2.48. The summed E-state index contributed by atoms with van der Waals surface area (Å²) < 4.78 is 0. The van der Waals surface area contributed by atoms with Gasteiger partial charge in [-0.1, -0.05) is 37.3 Å². The van der Waals surface area contributed by atoms with Crippen molar-refractivity contribution in [1.82, 2.24) is 4.90 Å². The van der Waals surface area contributed by atoms with E-state index in [9.17, 15) is 4.79 Å². The van der Waals surface area contributed by atoms with Crippen molar-refractivity contribution in [1.29, 1.82) is 0 Å². The zero-order valence-corrected chi connectivity index (χ0v) is 12.4. The highest BCUT2D eigenvalue weighted by atomic mass is 16.2. The number of hydrogen-bond acceptors (Lipinski definition) is 2. The van der Waals surface area contributed by atoms with Crippen LogP contribution in [0.15, 0.2) is 30.3 Å². The molecule has 2 atom stereocenters. The van der Waals surface area contributed by atoms with Gasteiger partial charge >= 0.3 is 0 Å². The summed E-state index contributed by atoms with van der Waals surface area (Å²) >= 11 is 0. The van der Waals surface area contributed by atoms with Gasteiger partial charge in [-0.25, -0.2) is 0 Å². The molecule has 3 nitrogen and oxygen atoms in total. The monoisotopic (exact) mass is 274 g/mol. The number of carbonyl (C=O) groups is 1. The minimum atomic E-state index is -0.0791. The van der Waals surface area contributed by atoms with Crippen LogP contribution in [0.5, 0.6) is 0 Å². The van der Waals surface area contributed by atoms with Crippen molar-refractivity contribution >= 4 is 5.91 Å². The van der Waals surface area contributed by atoms with Crippen LogP contribution >= 0.6 is 0 Å². The molecule has 0 spiro atoms. The van der Waals surface area contributed by atoms with Crippen LogP contribution in [-0.2, 0) is 11.2 Å². The van der Waals surface area contributed by atoms with E-state index in [2.05, 4.69) is 24.0 Å². The Morgan fingerprint density at radius 1 is 1.35 bits per heavy atom. The fourth-order valence-electron chi connectivity index (χ4n) is 3.12. The van der Waals surface area contributed by atoms with Gasteiger partial charge in [0.2, 0.25) is 5.91 Å². The molecule has 1 aromatic carbocycles. The summed E-state index contributed by atoms with van der Waals surface area (Å²) in [7, 11) is 0. The number of nitrogens with two attached hydrogens (primary N) is 1. The minimum absolute atomic E-state index is 0.0791. The first kappa shape index (κ1) is 15.0. The van der Waals surface area contributed by atoms with Crippen LogP contribution < -0.4 is 5.73 Å². The predicted molar refractivity (Wildman–Crippen MR) is 82.3 cm³/mol. The van der Waals surface area contributed by atoms with E-state index in [0.29, 0.717) is 12.6 Å². The first-order valence-electron chi connectivity index (χ1n) is 7.80. The Labute approximate surface area is 122 Å². The predicted octanol–water partition coefficient (Wildman–Crippen LogP) is 2.60. The summed E-state index contributed by atoms with van der Waals surface area (Å²) in [5.41, 5.74) is 7.06. The van der Waals surface area contributed by atoms with E-state index in [-0.39, 0.29) is 11.8 Å².